The van der Waals surface area contributed by atoms with Gasteiger partial charge in [0.1, 0.15) is 5.82 Å². The molecule has 8 heteroatoms. The average molecular weight is 357 g/mol. The summed E-state index contributed by atoms with van der Waals surface area (Å²) in [5, 5.41) is 13.7. The Kier molecular flexibility index (Phi) is 4.67. The lowest BCUT2D eigenvalue weighted by Gasteiger charge is -2.33. The van der Waals surface area contributed by atoms with Crippen LogP contribution in [0.25, 0.3) is 0 Å². The molecule has 0 spiro atoms. The summed E-state index contributed by atoms with van der Waals surface area (Å²) in [6.07, 6.45) is 2.44. The normalized spacial score (nSPS) is 16.3. The highest BCUT2D eigenvalue weighted by molar-refractivity contribution is 5.93. The molecule has 3 rings (SSSR count). The SMILES string of the molecule is CC[C@H]1CN(c2ccc(C(=O)N(C)C)cn2)Cc2c(C(=O)O)nn(C)c21. The third-order valence-corrected chi connectivity index (χ3v) is 4.79. The van der Waals surface area contributed by atoms with Gasteiger partial charge in [0.05, 0.1) is 5.56 Å². The molecule has 0 fully saturated rings. The van der Waals surface area contributed by atoms with Gasteiger partial charge in [-0.15, -0.1) is 0 Å². The van der Waals surface area contributed by atoms with Crippen LogP contribution in [0.5, 0.6) is 0 Å². The standard InChI is InChI=1S/C18H23N5O3/c1-5-11-9-23(10-13-15(18(25)26)20-22(4)16(11)13)14-7-6-12(8-19-14)17(24)21(2)3/h6-8,11H,5,9-10H2,1-4H3,(H,25,26)/t11-/m0/s1. The van der Waals surface area contributed by atoms with Crippen molar-refractivity contribution in [1.29, 1.82) is 0 Å². The summed E-state index contributed by atoms with van der Waals surface area (Å²) < 4.78 is 1.69. The highest BCUT2D eigenvalue weighted by atomic mass is 16.4. The van der Waals surface area contributed by atoms with Crippen LogP contribution >= 0.6 is 0 Å². The topological polar surface area (TPSA) is 91.6 Å². The summed E-state index contributed by atoms with van der Waals surface area (Å²) in [5.41, 5.74) is 2.36. The van der Waals surface area contributed by atoms with Crippen LogP contribution in [0.4, 0.5) is 5.82 Å². The number of carboxylic acids is 1. The number of carbonyl (C=O) groups excluding carboxylic acids is 1. The molecular formula is C18H23N5O3. The summed E-state index contributed by atoms with van der Waals surface area (Å²) in [7, 11) is 5.19. The predicted molar refractivity (Wildman–Crippen MR) is 96.5 cm³/mol. The van der Waals surface area contributed by atoms with Crippen molar-refractivity contribution in [2.75, 3.05) is 25.5 Å². The predicted octanol–water partition coefficient (Wildman–Crippen LogP) is 1.73. The Morgan fingerprint density at radius 2 is 2.08 bits per heavy atom. The number of rotatable bonds is 4. The Bertz CT molecular complexity index is 841. The third kappa shape index (κ3) is 3.02. The van der Waals surface area contributed by atoms with Crippen LogP contribution in [0.2, 0.25) is 0 Å². The molecule has 8 nitrogen and oxygen atoms in total. The maximum atomic E-state index is 12.0. The van der Waals surface area contributed by atoms with Gasteiger partial charge in [-0.05, 0) is 18.6 Å². The van der Waals surface area contributed by atoms with Crippen LogP contribution < -0.4 is 4.90 Å². The molecule has 0 radical (unpaired) electrons. The van der Waals surface area contributed by atoms with Crippen molar-refractivity contribution in [3.63, 3.8) is 0 Å². The molecular weight excluding hydrogens is 334 g/mol. The number of anilines is 1. The quantitative estimate of drug-likeness (QED) is 0.896. The second-order valence-corrected chi connectivity index (χ2v) is 6.73. The maximum absolute atomic E-state index is 12.0. The number of carbonyl (C=O) groups is 2. The lowest BCUT2D eigenvalue weighted by atomic mass is 9.92. The molecule has 138 valence electrons. The summed E-state index contributed by atoms with van der Waals surface area (Å²) in [6, 6.07) is 3.56. The van der Waals surface area contributed by atoms with E-state index in [-0.39, 0.29) is 17.5 Å². The van der Waals surface area contributed by atoms with Gasteiger partial charge in [0, 0.05) is 57.6 Å². The Hall–Kier alpha value is -2.90. The Balaban J connectivity index is 1.94. The van der Waals surface area contributed by atoms with Crippen molar-refractivity contribution in [2.45, 2.75) is 25.8 Å². The summed E-state index contributed by atoms with van der Waals surface area (Å²) in [6.45, 7) is 3.25. The molecule has 0 bridgehead atoms. The largest absolute Gasteiger partial charge is 0.476 e. The molecule has 0 aromatic carbocycles. The van der Waals surface area contributed by atoms with Crippen molar-refractivity contribution in [3.05, 3.63) is 40.8 Å². The van der Waals surface area contributed by atoms with E-state index in [0.29, 0.717) is 12.1 Å². The average Bonchev–Trinajstić information content (AvgIpc) is 2.97. The van der Waals surface area contributed by atoms with Gasteiger partial charge in [-0.2, -0.15) is 5.10 Å². The van der Waals surface area contributed by atoms with E-state index in [2.05, 4.69) is 21.9 Å². The Morgan fingerprint density at radius 3 is 2.62 bits per heavy atom. The molecule has 1 amide bonds. The molecule has 1 N–H and O–H groups in total. The number of aromatic carboxylic acids is 1. The minimum Gasteiger partial charge on any atom is -0.476 e. The molecule has 3 heterocycles. The number of aryl methyl sites for hydroxylation is 1. The molecule has 0 saturated heterocycles. The first-order valence-electron chi connectivity index (χ1n) is 8.55. The fourth-order valence-electron chi connectivity index (χ4n) is 3.48. The number of carboxylic acid groups (broad SMARTS) is 1. The number of pyridine rings is 1. The van der Waals surface area contributed by atoms with Crippen LogP contribution in [0, 0.1) is 0 Å². The molecule has 0 aliphatic carbocycles. The van der Waals surface area contributed by atoms with E-state index in [0.717, 1.165) is 30.0 Å². The summed E-state index contributed by atoms with van der Waals surface area (Å²) in [4.78, 5) is 31.6. The van der Waals surface area contributed by atoms with Crippen LogP contribution in [-0.4, -0.2) is 57.3 Å². The van der Waals surface area contributed by atoms with Gasteiger partial charge in [0.15, 0.2) is 5.69 Å². The van der Waals surface area contributed by atoms with Gasteiger partial charge in [-0.3, -0.25) is 9.48 Å². The molecule has 26 heavy (non-hydrogen) atoms. The van der Waals surface area contributed by atoms with E-state index in [1.807, 2.05) is 6.07 Å². The lowest BCUT2D eigenvalue weighted by Crippen LogP contribution is -2.35. The second kappa shape index (κ2) is 6.78. The zero-order valence-electron chi connectivity index (χ0n) is 15.4. The van der Waals surface area contributed by atoms with Gasteiger partial charge < -0.3 is 14.9 Å². The minimum absolute atomic E-state index is 0.100. The maximum Gasteiger partial charge on any atom is 0.356 e. The number of nitrogens with zero attached hydrogens (tertiary/aromatic N) is 5. The zero-order chi connectivity index (χ0) is 19.0. The van der Waals surface area contributed by atoms with E-state index in [1.54, 1.807) is 38.1 Å². The van der Waals surface area contributed by atoms with E-state index in [4.69, 9.17) is 0 Å². The molecule has 2 aromatic heterocycles. The summed E-state index contributed by atoms with van der Waals surface area (Å²) in [5.74, 6) is -0.214. The van der Waals surface area contributed by atoms with E-state index in [1.165, 1.54) is 4.90 Å². The molecule has 1 atom stereocenters. The van der Waals surface area contributed by atoms with Crippen molar-refractivity contribution < 1.29 is 14.7 Å². The number of aromatic nitrogens is 3. The molecule has 1 aliphatic rings. The monoisotopic (exact) mass is 357 g/mol. The van der Waals surface area contributed by atoms with Crippen molar-refractivity contribution in [1.82, 2.24) is 19.7 Å². The van der Waals surface area contributed by atoms with Gasteiger partial charge >= 0.3 is 5.97 Å². The first-order valence-corrected chi connectivity index (χ1v) is 8.55. The Morgan fingerprint density at radius 1 is 1.35 bits per heavy atom. The van der Waals surface area contributed by atoms with Crippen LogP contribution in [0.3, 0.4) is 0 Å². The molecule has 0 unspecified atom stereocenters. The van der Waals surface area contributed by atoms with Crippen molar-refractivity contribution in [3.8, 4) is 0 Å². The highest BCUT2D eigenvalue weighted by Crippen LogP contribution is 2.34. The van der Waals surface area contributed by atoms with Crippen LogP contribution in [0.15, 0.2) is 18.3 Å². The van der Waals surface area contributed by atoms with Crippen LogP contribution in [-0.2, 0) is 13.6 Å². The highest BCUT2D eigenvalue weighted by Gasteiger charge is 2.33. The first kappa shape index (κ1) is 17.9. The van der Waals surface area contributed by atoms with Crippen LogP contribution in [0.1, 0.15) is 51.4 Å². The van der Waals surface area contributed by atoms with E-state index < -0.39 is 5.97 Å². The molecule has 2 aromatic rings. The van der Waals surface area contributed by atoms with Gasteiger partial charge in [-0.25, -0.2) is 9.78 Å². The number of fused-ring (bicyclic) bond motifs is 1. The van der Waals surface area contributed by atoms with Gasteiger partial charge in [0.25, 0.3) is 5.91 Å². The summed E-state index contributed by atoms with van der Waals surface area (Å²) >= 11 is 0. The fraction of sp³-hybridized carbons (Fsp3) is 0.444. The molecule has 1 aliphatic heterocycles. The minimum atomic E-state index is -1.02. The first-order chi connectivity index (χ1) is 12.3. The molecule has 0 saturated carbocycles. The smallest absolute Gasteiger partial charge is 0.356 e. The fourth-order valence-corrected chi connectivity index (χ4v) is 3.48. The number of hydrogen-bond donors (Lipinski definition) is 1. The Labute approximate surface area is 152 Å². The second-order valence-electron chi connectivity index (χ2n) is 6.73. The van der Waals surface area contributed by atoms with E-state index >= 15 is 0 Å². The van der Waals surface area contributed by atoms with Gasteiger partial charge in [0.2, 0.25) is 0 Å². The van der Waals surface area contributed by atoms with Crippen molar-refractivity contribution in [2.24, 2.45) is 7.05 Å². The number of amides is 1. The third-order valence-electron chi connectivity index (χ3n) is 4.79. The number of hydrogen-bond acceptors (Lipinski definition) is 5. The van der Waals surface area contributed by atoms with Gasteiger partial charge in [-0.1, -0.05) is 6.92 Å². The zero-order valence-corrected chi connectivity index (χ0v) is 15.4. The lowest BCUT2D eigenvalue weighted by molar-refractivity contribution is 0.0688. The van der Waals surface area contributed by atoms with Crippen molar-refractivity contribution >= 4 is 17.7 Å². The van der Waals surface area contributed by atoms with E-state index in [9.17, 15) is 14.7 Å².